The van der Waals surface area contributed by atoms with E-state index < -0.39 is 5.41 Å². The van der Waals surface area contributed by atoms with Crippen LogP contribution in [0.1, 0.15) is 46.3 Å². The third kappa shape index (κ3) is 5.09. The zero-order valence-electron chi connectivity index (χ0n) is 20.2. The van der Waals surface area contributed by atoms with Gasteiger partial charge in [0.25, 0.3) is 0 Å². The molecule has 0 amide bonds. The van der Waals surface area contributed by atoms with E-state index in [0.717, 1.165) is 16.7 Å². The molecule has 184 valence electrons. The SMILES string of the molecule is O=C1Cc2ccc(C(=O)CCN3CCC(C(=O)OCc4ccccc4)(c4ccccc4)CC3)cc2O1. The van der Waals surface area contributed by atoms with Crippen LogP contribution in [0.5, 0.6) is 5.75 Å². The highest BCUT2D eigenvalue weighted by molar-refractivity contribution is 5.97. The monoisotopic (exact) mass is 483 g/mol. The molecular formula is C30H29NO5. The molecule has 0 unspecified atom stereocenters. The number of piperidine rings is 1. The standard InChI is InChI=1S/C30H29NO5/c32-26(23-11-12-24-20-28(33)36-27(24)19-23)13-16-31-17-14-30(15-18-31,25-9-5-2-6-10-25)29(34)35-21-22-7-3-1-4-8-22/h1-12,19H,13-18,20-21H2. The number of nitrogens with zero attached hydrogens (tertiary/aromatic N) is 1. The minimum atomic E-state index is -0.694. The van der Waals surface area contributed by atoms with Crippen molar-refractivity contribution in [2.75, 3.05) is 19.6 Å². The van der Waals surface area contributed by atoms with Gasteiger partial charge in [-0.15, -0.1) is 0 Å². The quantitative estimate of drug-likeness (QED) is 0.267. The van der Waals surface area contributed by atoms with Crippen LogP contribution >= 0.6 is 0 Å². The Morgan fingerprint density at radius 3 is 2.33 bits per heavy atom. The van der Waals surface area contributed by atoms with E-state index in [-0.39, 0.29) is 30.7 Å². The van der Waals surface area contributed by atoms with Crippen molar-refractivity contribution >= 4 is 17.7 Å². The summed E-state index contributed by atoms with van der Waals surface area (Å²) in [5, 5.41) is 0. The molecule has 3 aromatic carbocycles. The fraction of sp³-hybridized carbons (Fsp3) is 0.300. The molecule has 6 nitrogen and oxygen atoms in total. The van der Waals surface area contributed by atoms with Crippen LogP contribution in [0.3, 0.4) is 0 Å². The van der Waals surface area contributed by atoms with Crippen LogP contribution in [-0.2, 0) is 32.8 Å². The number of rotatable bonds is 8. The van der Waals surface area contributed by atoms with Gasteiger partial charge in [-0.3, -0.25) is 14.4 Å². The maximum absolute atomic E-state index is 13.4. The predicted molar refractivity (Wildman–Crippen MR) is 135 cm³/mol. The molecule has 0 atom stereocenters. The van der Waals surface area contributed by atoms with E-state index in [1.165, 1.54) is 0 Å². The molecule has 0 N–H and O–H groups in total. The Hall–Kier alpha value is -3.77. The topological polar surface area (TPSA) is 72.9 Å². The third-order valence-electron chi connectivity index (χ3n) is 7.24. The molecule has 0 aliphatic carbocycles. The number of carbonyl (C=O) groups is 3. The number of esters is 2. The lowest BCUT2D eigenvalue weighted by Gasteiger charge is -2.40. The number of benzene rings is 3. The van der Waals surface area contributed by atoms with E-state index in [1.807, 2.05) is 60.7 Å². The van der Waals surface area contributed by atoms with E-state index in [2.05, 4.69) is 4.90 Å². The van der Waals surface area contributed by atoms with E-state index in [0.29, 0.717) is 50.2 Å². The van der Waals surface area contributed by atoms with Crippen molar-refractivity contribution in [2.24, 2.45) is 0 Å². The summed E-state index contributed by atoms with van der Waals surface area (Å²) >= 11 is 0. The van der Waals surface area contributed by atoms with Gasteiger partial charge in [-0.2, -0.15) is 0 Å². The summed E-state index contributed by atoms with van der Waals surface area (Å²) in [6, 6.07) is 24.8. The number of hydrogen-bond donors (Lipinski definition) is 0. The number of carbonyl (C=O) groups excluding carboxylic acids is 3. The van der Waals surface area contributed by atoms with Gasteiger partial charge in [-0.1, -0.05) is 72.8 Å². The zero-order chi connectivity index (χ0) is 25.0. The van der Waals surface area contributed by atoms with Crippen LogP contribution in [0.4, 0.5) is 0 Å². The lowest BCUT2D eigenvalue weighted by Crippen LogP contribution is -2.48. The molecule has 2 heterocycles. The lowest BCUT2D eigenvalue weighted by molar-refractivity contribution is -0.154. The molecule has 1 fully saturated rings. The largest absolute Gasteiger partial charge is 0.460 e. The van der Waals surface area contributed by atoms with Gasteiger partial charge in [0.15, 0.2) is 5.78 Å². The number of hydrogen-bond acceptors (Lipinski definition) is 6. The first-order valence-corrected chi connectivity index (χ1v) is 12.4. The van der Waals surface area contributed by atoms with Crippen LogP contribution in [-0.4, -0.2) is 42.3 Å². The van der Waals surface area contributed by atoms with Crippen LogP contribution in [0.15, 0.2) is 78.9 Å². The minimum absolute atomic E-state index is 0.0166. The van der Waals surface area contributed by atoms with E-state index in [4.69, 9.17) is 9.47 Å². The third-order valence-corrected chi connectivity index (χ3v) is 7.24. The normalized spacial score (nSPS) is 16.7. The molecule has 0 spiro atoms. The Kier molecular flexibility index (Phi) is 6.96. The van der Waals surface area contributed by atoms with Crippen molar-refractivity contribution in [3.8, 4) is 5.75 Å². The van der Waals surface area contributed by atoms with Crippen molar-refractivity contribution in [3.63, 3.8) is 0 Å². The molecule has 6 heteroatoms. The van der Waals surface area contributed by atoms with Crippen molar-refractivity contribution in [1.82, 2.24) is 4.90 Å². The first kappa shape index (κ1) is 23.9. The van der Waals surface area contributed by atoms with Crippen molar-refractivity contribution in [2.45, 2.75) is 37.7 Å². The zero-order valence-corrected chi connectivity index (χ0v) is 20.2. The summed E-state index contributed by atoms with van der Waals surface area (Å²) in [5.74, 6) is 0.0291. The van der Waals surface area contributed by atoms with Gasteiger partial charge in [-0.25, -0.2) is 0 Å². The Morgan fingerprint density at radius 1 is 0.917 bits per heavy atom. The first-order valence-electron chi connectivity index (χ1n) is 12.4. The van der Waals surface area contributed by atoms with Crippen LogP contribution in [0.2, 0.25) is 0 Å². The van der Waals surface area contributed by atoms with E-state index in [9.17, 15) is 14.4 Å². The summed E-state index contributed by atoms with van der Waals surface area (Å²) in [7, 11) is 0. The van der Waals surface area contributed by atoms with Crippen molar-refractivity contribution in [3.05, 3.63) is 101 Å². The second kappa shape index (κ2) is 10.5. The Morgan fingerprint density at radius 2 is 1.61 bits per heavy atom. The Bertz CT molecular complexity index is 1250. The molecule has 36 heavy (non-hydrogen) atoms. The molecule has 1 saturated heterocycles. The van der Waals surface area contributed by atoms with Gasteiger partial charge >= 0.3 is 11.9 Å². The minimum Gasteiger partial charge on any atom is -0.460 e. The van der Waals surface area contributed by atoms with Gasteiger partial charge in [0.2, 0.25) is 0 Å². The average Bonchev–Trinajstić information content (AvgIpc) is 3.31. The summed E-state index contributed by atoms with van der Waals surface area (Å²) in [6.45, 7) is 2.26. The first-order chi connectivity index (χ1) is 17.5. The fourth-order valence-electron chi connectivity index (χ4n) is 5.07. The maximum atomic E-state index is 13.4. The molecule has 0 bridgehead atoms. The molecule has 2 aliphatic rings. The Balaban J connectivity index is 1.21. The highest BCUT2D eigenvalue weighted by Crippen LogP contribution is 2.37. The molecule has 2 aliphatic heterocycles. The summed E-state index contributed by atoms with van der Waals surface area (Å²) in [4.78, 5) is 40.0. The molecule has 0 saturated carbocycles. The van der Waals surface area contributed by atoms with Crippen molar-refractivity contribution in [1.29, 1.82) is 0 Å². The van der Waals surface area contributed by atoms with Crippen LogP contribution in [0, 0.1) is 0 Å². The fourth-order valence-corrected chi connectivity index (χ4v) is 5.07. The smallest absolute Gasteiger partial charge is 0.316 e. The van der Waals surface area contributed by atoms with Crippen LogP contribution in [0.25, 0.3) is 0 Å². The van der Waals surface area contributed by atoms with Gasteiger partial charge < -0.3 is 14.4 Å². The average molecular weight is 484 g/mol. The Labute approximate surface area is 210 Å². The molecule has 0 aromatic heterocycles. The second-order valence-electron chi connectivity index (χ2n) is 9.50. The van der Waals surface area contributed by atoms with Gasteiger partial charge in [-0.05, 0) is 43.1 Å². The number of ketones is 1. The molecular weight excluding hydrogens is 454 g/mol. The number of ether oxygens (including phenoxy) is 2. The maximum Gasteiger partial charge on any atom is 0.316 e. The molecule has 5 rings (SSSR count). The van der Waals surface area contributed by atoms with Gasteiger partial charge in [0.05, 0.1) is 11.8 Å². The molecule has 3 aromatic rings. The predicted octanol–water partition coefficient (Wildman–Crippen LogP) is 4.50. The lowest BCUT2D eigenvalue weighted by atomic mass is 9.72. The highest BCUT2D eigenvalue weighted by Gasteiger charge is 2.44. The van der Waals surface area contributed by atoms with Crippen molar-refractivity contribution < 1.29 is 23.9 Å². The summed E-state index contributed by atoms with van der Waals surface area (Å²) in [5.41, 5.74) is 2.63. The number of likely N-dealkylation sites (tertiary alicyclic amines) is 1. The number of fused-ring (bicyclic) bond motifs is 1. The highest BCUT2D eigenvalue weighted by atomic mass is 16.5. The van der Waals surface area contributed by atoms with E-state index >= 15 is 0 Å². The van der Waals surface area contributed by atoms with Crippen LogP contribution < -0.4 is 4.74 Å². The molecule has 0 radical (unpaired) electrons. The van der Waals surface area contributed by atoms with Gasteiger partial charge in [0, 0.05) is 24.1 Å². The second-order valence-corrected chi connectivity index (χ2v) is 9.50. The number of Topliss-reactive ketones (excluding diaryl/α,β-unsaturated/α-hetero) is 1. The van der Waals surface area contributed by atoms with E-state index in [1.54, 1.807) is 18.2 Å². The summed E-state index contributed by atoms with van der Waals surface area (Å²) < 4.78 is 11.0. The van der Waals surface area contributed by atoms with Gasteiger partial charge in [0.1, 0.15) is 12.4 Å². The summed E-state index contributed by atoms with van der Waals surface area (Å²) in [6.07, 6.45) is 1.89.